The second-order valence-corrected chi connectivity index (χ2v) is 12.3. The van der Waals surface area contributed by atoms with E-state index in [9.17, 15) is 10.2 Å². The molecule has 2 unspecified atom stereocenters. The van der Waals surface area contributed by atoms with E-state index in [-0.39, 0.29) is 13.2 Å². The van der Waals surface area contributed by atoms with Gasteiger partial charge in [0.1, 0.15) is 12.2 Å². The van der Waals surface area contributed by atoms with Gasteiger partial charge >= 0.3 is 0 Å². The van der Waals surface area contributed by atoms with Crippen LogP contribution in [0.15, 0.2) is 72.9 Å². The molecule has 0 aliphatic carbocycles. The normalized spacial score (nSPS) is 14.0. The number of aliphatic hydroxyl groups excluding tert-OH is 2. The predicted molar refractivity (Wildman–Crippen MR) is 203 cm³/mol. The van der Waals surface area contributed by atoms with E-state index in [1.165, 1.54) is 64.2 Å². The number of allylic oxidation sites excluding steroid dienone is 12. The van der Waals surface area contributed by atoms with Crippen LogP contribution in [0.2, 0.25) is 0 Å². The van der Waals surface area contributed by atoms with Gasteiger partial charge in [-0.2, -0.15) is 0 Å². The summed E-state index contributed by atoms with van der Waals surface area (Å²) in [6.07, 6.45) is 49.3. The molecule has 0 aliphatic rings. The smallest absolute Gasteiger partial charge is 0.104 e. The minimum atomic E-state index is -0.434. The van der Waals surface area contributed by atoms with Crippen molar-refractivity contribution in [2.45, 2.75) is 154 Å². The molecule has 5 heteroatoms. The fourth-order valence-electron chi connectivity index (χ4n) is 4.97. The molecule has 272 valence electrons. The Morgan fingerprint density at radius 1 is 0.404 bits per heavy atom. The Kier molecular flexibility index (Phi) is 38.9. The second kappa shape index (κ2) is 40.4. The molecule has 0 bridgehead atoms. The van der Waals surface area contributed by atoms with Gasteiger partial charge in [0.15, 0.2) is 0 Å². The summed E-state index contributed by atoms with van der Waals surface area (Å²) in [4.78, 5) is 0. The number of hydrogen-bond donors (Lipinski definition) is 2. The van der Waals surface area contributed by atoms with Crippen molar-refractivity contribution in [3.05, 3.63) is 72.9 Å². The van der Waals surface area contributed by atoms with Gasteiger partial charge in [0, 0.05) is 13.2 Å². The van der Waals surface area contributed by atoms with Crippen LogP contribution in [0.25, 0.3) is 0 Å². The number of rotatable bonds is 36. The third kappa shape index (κ3) is 36.9. The van der Waals surface area contributed by atoms with Gasteiger partial charge in [-0.25, -0.2) is 0 Å². The van der Waals surface area contributed by atoms with Crippen molar-refractivity contribution in [1.82, 2.24) is 0 Å². The molecule has 47 heavy (non-hydrogen) atoms. The molecule has 0 rings (SSSR count). The highest BCUT2D eigenvalue weighted by Crippen LogP contribution is 2.10. The first kappa shape index (κ1) is 45.2. The van der Waals surface area contributed by atoms with Crippen LogP contribution in [0, 0.1) is 0 Å². The lowest BCUT2D eigenvalue weighted by atomic mass is 10.1. The molecule has 2 N–H and O–H groups in total. The fraction of sp³-hybridized carbons (Fsp3) is 0.714. The SMILES string of the molecule is CC/C=C\C/C=C\C/C=C\CCCCCCCCOCC(CO)OC(CO)COCCCCCCCC/C=C\C/C=C\C/C=C\CC. The third-order valence-electron chi connectivity index (χ3n) is 7.78. The summed E-state index contributed by atoms with van der Waals surface area (Å²) in [5, 5.41) is 19.4. The van der Waals surface area contributed by atoms with Crippen LogP contribution < -0.4 is 0 Å². The first-order valence-electron chi connectivity index (χ1n) is 19.2. The lowest BCUT2D eigenvalue weighted by molar-refractivity contribution is -0.115. The van der Waals surface area contributed by atoms with Crippen LogP contribution in [0.4, 0.5) is 0 Å². The third-order valence-corrected chi connectivity index (χ3v) is 7.78. The quantitative estimate of drug-likeness (QED) is 0.0518. The van der Waals surface area contributed by atoms with Crippen LogP contribution in [0.3, 0.4) is 0 Å². The van der Waals surface area contributed by atoms with Gasteiger partial charge in [-0.05, 0) is 77.0 Å². The lowest BCUT2D eigenvalue weighted by Gasteiger charge is -2.22. The first-order chi connectivity index (χ1) is 23.3. The van der Waals surface area contributed by atoms with Crippen LogP contribution in [0.5, 0.6) is 0 Å². The molecule has 0 aliphatic heterocycles. The largest absolute Gasteiger partial charge is 0.394 e. The maximum Gasteiger partial charge on any atom is 0.104 e. The monoisotopic (exact) mass is 659 g/mol. The van der Waals surface area contributed by atoms with Crippen LogP contribution >= 0.6 is 0 Å². The molecule has 0 saturated carbocycles. The van der Waals surface area contributed by atoms with E-state index in [2.05, 4.69) is 86.8 Å². The molecule has 0 fully saturated rings. The van der Waals surface area contributed by atoms with E-state index in [1.807, 2.05) is 0 Å². The van der Waals surface area contributed by atoms with Gasteiger partial charge in [0.2, 0.25) is 0 Å². The highest BCUT2D eigenvalue weighted by Gasteiger charge is 2.16. The molecule has 5 nitrogen and oxygen atoms in total. The highest BCUT2D eigenvalue weighted by molar-refractivity contribution is 4.98. The molecular formula is C42H74O5. The molecule has 0 aromatic heterocycles. The summed E-state index contributed by atoms with van der Waals surface area (Å²) in [5.74, 6) is 0. The molecular weight excluding hydrogens is 584 g/mol. The number of hydrogen-bond acceptors (Lipinski definition) is 5. The second-order valence-electron chi connectivity index (χ2n) is 12.3. The van der Waals surface area contributed by atoms with Gasteiger partial charge in [0.25, 0.3) is 0 Å². The van der Waals surface area contributed by atoms with Crippen molar-refractivity contribution < 1.29 is 24.4 Å². The Bertz CT molecular complexity index is 718. The summed E-state index contributed by atoms with van der Waals surface area (Å²) < 4.78 is 17.4. The van der Waals surface area contributed by atoms with E-state index < -0.39 is 12.2 Å². The van der Waals surface area contributed by atoms with Crippen LogP contribution in [0.1, 0.15) is 142 Å². The van der Waals surface area contributed by atoms with E-state index in [1.54, 1.807) is 0 Å². The minimum absolute atomic E-state index is 0.124. The number of unbranched alkanes of at least 4 members (excludes halogenated alkanes) is 12. The Morgan fingerprint density at radius 3 is 1.09 bits per heavy atom. The Labute approximate surface area is 290 Å². The van der Waals surface area contributed by atoms with Gasteiger partial charge in [-0.15, -0.1) is 0 Å². The van der Waals surface area contributed by atoms with E-state index in [4.69, 9.17) is 14.2 Å². The Morgan fingerprint density at radius 2 is 0.723 bits per heavy atom. The average molecular weight is 659 g/mol. The fourth-order valence-corrected chi connectivity index (χ4v) is 4.97. The van der Waals surface area contributed by atoms with Crippen LogP contribution in [-0.4, -0.2) is 62.1 Å². The molecule has 0 aromatic rings. The number of aliphatic hydroxyl groups is 2. The van der Waals surface area contributed by atoms with Gasteiger partial charge in [0.05, 0.1) is 26.4 Å². The molecule has 2 atom stereocenters. The van der Waals surface area contributed by atoms with E-state index >= 15 is 0 Å². The standard InChI is InChI=1S/C42H74O5/c1-3-5-7-9-11-13-15-17-19-21-23-25-27-29-31-33-35-45-39-41(37-43)47-42(38-44)40-46-36-34-32-30-28-26-24-22-20-18-16-14-12-10-8-6-4-2/h5-8,11-14,17-20,41-44H,3-4,9-10,15-16,21-40H2,1-2H3/b7-5-,8-6-,13-11-,14-12-,19-17-,20-18-. The maximum absolute atomic E-state index is 9.70. The van der Waals surface area contributed by atoms with Gasteiger partial charge in [-0.3, -0.25) is 0 Å². The van der Waals surface area contributed by atoms with Crippen molar-refractivity contribution in [3.8, 4) is 0 Å². The summed E-state index contributed by atoms with van der Waals surface area (Å²) >= 11 is 0. The topological polar surface area (TPSA) is 68.2 Å². The summed E-state index contributed by atoms with van der Waals surface area (Å²) in [6.45, 7) is 6.11. The van der Waals surface area contributed by atoms with E-state index in [0.717, 1.165) is 64.2 Å². The first-order valence-corrected chi connectivity index (χ1v) is 19.2. The zero-order valence-electron chi connectivity index (χ0n) is 30.6. The van der Waals surface area contributed by atoms with Gasteiger partial charge < -0.3 is 24.4 Å². The van der Waals surface area contributed by atoms with Crippen molar-refractivity contribution >= 4 is 0 Å². The summed E-state index contributed by atoms with van der Waals surface area (Å²) in [5.41, 5.74) is 0. The van der Waals surface area contributed by atoms with Crippen molar-refractivity contribution in [2.24, 2.45) is 0 Å². The maximum atomic E-state index is 9.70. The molecule has 0 aromatic carbocycles. The Hall–Kier alpha value is -1.76. The molecule has 0 saturated heterocycles. The minimum Gasteiger partial charge on any atom is -0.394 e. The van der Waals surface area contributed by atoms with Crippen molar-refractivity contribution in [2.75, 3.05) is 39.6 Å². The van der Waals surface area contributed by atoms with Crippen molar-refractivity contribution in [3.63, 3.8) is 0 Å². The zero-order valence-corrected chi connectivity index (χ0v) is 30.6. The molecule has 0 heterocycles. The van der Waals surface area contributed by atoms with E-state index in [0.29, 0.717) is 26.4 Å². The molecule has 0 radical (unpaired) electrons. The Balaban J connectivity index is 3.60. The predicted octanol–water partition coefficient (Wildman–Crippen LogP) is 10.9. The van der Waals surface area contributed by atoms with Gasteiger partial charge in [-0.1, -0.05) is 138 Å². The zero-order chi connectivity index (χ0) is 34.1. The summed E-state index contributed by atoms with van der Waals surface area (Å²) in [6, 6.07) is 0. The molecule has 0 spiro atoms. The average Bonchev–Trinajstić information content (AvgIpc) is 3.09. The lowest BCUT2D eigenvalue weighted by Crippen LogP contribution is -2.34. The number of ether oxygens (including phenoxy) is 3. The molecule has 0 amide bonds. The summed E-state index contributed by atoms with van der Waals surface area (Å²) in [7, 11) is 0. The highest BCUT2D eigenvalue weighted by atomic mass is 16.6. The van der Waals surface area contributed by atoms with Crippen LogP contribution in [-0.2, 0) is 14.2 Å². The van der Waals surface area contributed by atoms with Crippen molar-refractivity contribution in [1.29, 1.82) is 0 Å².